The zero-order valence-electron chi connectivity index (χ0n) is 12.4. The van der Waals surface area contributed by atoms with E-state index in [9.17, 15) is 0 Å². The van der Waals surface area contributed by atoms with E-state index in [0.29, 0.717) is 0 Å². The predicted molar refractivity (Wildman–Crippen MR) is 78.9 cm³/mol. The van der Waals surface area contributed by atoms with Gasteiger partial charge < -0.3 is 20.4 Å². The molecule has 0 aromatic carbocycles. The lowest BCUT2D eigenvalue weighted by Gasteiger charge is -2.37. The molecular formula is C14H33N4+. The summed E-state index contributed by atoms with van der Waals surface area (Å²) in [6.07, 6.45) is 2.53. The van der Waals surface area contributed by atoms with Crippen molar-refractivity contribution in [1.29, 1.82) is 0 Å². The van der Waals surface area contributed by atoms with Crippen molar-refractivity contribution in [3.05, 3.63) is 0 Å². The molecule has 3 N–H and O–H groups in total. The minimum Gasteiger partial charge on any atom is -0.323 e. The molecule has 0 aliphatic carbocycles. The van der Waals surface area contributed by atoms with Gasteiger partial charge in [-0.3, -0.25) is 0 Å². The summed E-state index contributed by atoms with van der Waals surface area (Å²) in [6, 6.07) is 0. The van der Waals surface area contributed by atoms with Gasteiger partial charge >= 0.3 is 0 Å². The first kappa shape index (κ1) is 15.9. The van der Waals surface area contributed by atoms with E-state index in [1.54, 1.807) is 0 Å². The van der Waals surface area contributed by atoms with Crippen LogP contribution in [0.4, 0.5) is 0 Å². The molecule has 0 aromatic heterocycles. The second kappa shape index (κ2) is 9.73. The standard InChI is InChI=1S/C14H33N4/c1-3-18(4-2)13-6-9-16-11-10-15-7-5-8-17-12-14-18/h15-17H,3-14H2,1-2H3/q+1. The Morgan fingerprint density at radius 3 is 1.83 bits per heavy atom. The monoisotopic (exact) mass is 257 g/mol. The van der Waals surface area contributed by atoms with Crippen LogP contribution in [0.15, 0.2) is 0 Å². The maximum absolute atomic E-state index is 3.59. The van der Waals surface area contributed by atoms with E-state index in [0.717, 1.165) is 39.3 Å². The van der Waals surface area contributed by atoms with E-state index in [1.165, 1.54) is 43.5 Å². The van der Waals surface area contributed by atoms with Crippen LogP contribution in [0.1, 0.15) is 26.7 Å². The molecule has 4 heteroatoms. The van der Waals surface area contributed by atoms with Crippen molar-refractivity contribution < 1.29 is 4.48 Å². The number of hydrogen-bond donors (Lipinski definition) is 3. The van der Waals surface area contributed by atoms with E-state index in [2.05, 4.69) is 29.8 Å². The molecule has 1 fully saturated rings. The minimum absolute atomic E-state index is 1.10. The van der Waals surface area contributed by atoms with Gasteiger partial charge in [0.2, 0.25) is 0 Å². The SMILES string of the molecule is CC[N+]1(CC)CCCNCCNCCCNCC1. The lowest BCUT2D eigenvalue weighted by Crippen LogP contribution is -2.52. The molecule has 0 unspecified atom stereocenters. The minimum atomic E-state index is 1.10. The fraction of sp³-hybridized carbons (Fsp3) is 1.00. The molecule has 1 aliphatic heterocycles. The van der Waals surface area contributed by atoms with Crippen molar-refractivity contribution in [1.82, 2.24) is 16.0 Å². The number of nitrogens with one attached hydrogen (secondary N) is 3. The number of rotatable bonds is 2. The van der Waals surface area contributed by atoms with Crippen LogP contribution < -0.4 is 16.0 Å². The Labute approximate surface area is 113 Å². The summed E-state index contributed by atoms with van der Waals surface area (Å²) in [7, 11) is 0. The van der Waals surface area contributed by atoms with Gasteiger partial charge in [-0.05, 0) is 33.4 Å². The highest BCUT2D eigenvalue weighted by Gasteiger charge is 2.21. The number of hydrogen-bond acceptors (Lipinski definition) is 3. The zero-order valence-corrected chi connectivity index (χ0v) is 12.4. The van der Waals surface area contributed by atoms with Gasteiger partial charge in [0.25, 0.3) is 0 Å². The van der Waals surface area contributed by atoms with Crippen LogP contribution in [0.5, 0.6) is 0 Å². The van der Waals surface area contributed by atoms with Crippen molar-refractivity contribution in [3.63, 3.8) is 0 Å². The van der Waals surface area contributed by atoms with Gasteiger partial charge in [-0.25, -0.2) is 0 Å². The Bertz CT molecular complexity index is 176. The van der Waals surface area contributed by atoms with E-state index in [4.69, 9.17) is 0 Å². The average Bonchev–Trinajstić information content (AvgIpc) is 2.41. The first-order valence-electron chi connectivity index (χ1n) is 7.80. The van der Waals surface area contributed by atoms with Crippen LogP contribution in [0, 0.1) is 0 Å². The van der Waals surface area contributed by atoms with Gasteiger partial charge in [0.15, 0.2) is 0 Å². The lowest BCUT2D eigenvalue weighted by molar-refractivity contribution is -0.923. The first-order chi connectivity index (χ1) is 8.83. The Morgan fingerprint density at radius 2 is 1.22 bits per heavy atom. The Morgan fingerprint density at radius 1 is 0.667 bits per heavy atom. The smallest absolute Gasteiger partial charge is 0.0913 e. The van der Waals surface area contributed by atoms with Gasteiger partial charge in [0.1, 0.15) is 0 Å². The van der Waals surface area contributed by atoms with Crippen LogP contribution in [0.3, 0.4) is 0 Å². The van der Waals surface area contributed by atoms with Crippen molar-refractivity contribution >= 4 is 0 Å². The fourth-order valence-corrected chi connectivity index (χ4v) is 2.71. The first-order valence-corrected chi connectivity index (χ1v) is 7.80. The topological polar surface area (TPSA) is 36.1 Å². The summed E-state index contributed by atoms with van der Waals surface area (Å²) < 4.78 is 1.27. The second-order valence-electron chi connectivity index (χ2n) is 5.38. The second-order valence-corrected chi connectivity index (χ2v) is 5.38. The Hall–Kier alpha value is -0.160. The molecule has 18 heavy (non-hydrogen) atoms. The molecule has 0 amide bonds. The van der Waals surface area contributed by atoms with Crippen molar-refractivity contribution in [2.75, 3.05) is 65.4 Å². The summed E-state index contributed by atoms with van der Waals surface area (Å²) in [4.78, 5) is 0. The van der Waals surface area contributed by atoms with E-state index in [1.807, 2.05) is 0 Å². The quantitative estimate of drug-likeness (QED) is 0.627. The third kappa shape index (κ3) is 6.14. The third-order valence-electron chi connectivity index (χ3n) is 4.28. The number of quaternary nitrogens is 1. The van der Waals surface area contributed by atoms with Crippen molar-refractivity contribution in [2.24, 2.45) is 0 Å². The third-order valence-corrected chi connectivity index (χ3v) is 4.28. The summed E-state index contributed by atoms with van der Waals surface area (Å²) >= 11 is 0. The number of likely N-dealkylation sites (N-methyl/N-ethyl adjacent to an activating group) is 1. The summed E-state index contributed by atoms with van der Waals surface area (Å²) in [5, 5.41) is 10.6. The van der Waals surface area contributed by atoms with E-state index < -0.39 is 0 Å². The van der Waals surface area contributed by atoms with Gasteiger partial charge in [0.05, 0.1) is 26.2 Å². The number of nitrogens with zero attached hydrogens (tertiary/aromatic N) is 1. The summed E-state index contributed by atoms with van der Waals surface area (Å²) in [5.41, 5.74) is 0. The molecule has 1 saturated heterocycles. The van der Waals surface area contributed by atoms with Gasteiger partial charge in [-0.2, -0.15) is 0 Å². The molecule has 0 bridgehead atoms. The maximum atomic E-state index is 3.59. The van der Waals surface area contributed by atoms with Crippen molar-refractivity contribution in [3.8, 4) is 0 Å². The highest BCUT2D eigenvalue weighted by Crippen LogP contribution is 2.06. The lowest BCUT2D eigenvalue weighted by atomic mass is 10.2. The normalized spacial score (nSPS) is 24.3. The maximum Gasteiger partial charge on any atom is 0.0913 e. The van der Waals surface area contributed by atoms with Crippen LogP contribution in [-0.2, 0) is 0 Å². The van der Waals surface area contributed by atoms with Crippen LogP contribution >= 0.6 is 0 Å². The molecule has 0 aromatic rings. The molecule has 1 heterocycles. The average molecular weight is 257 g/mol. The molecule has 0 spiro atoms. The van der Waals surface area contributed by atoms with Gasteiger partial charge in [-0.1, -0.05) is 0 Å². The van der Waals surface area contributed by atoms with E-state index in [-0.39, 0.29) is 0 Å². The van der Waals surface area contributed by atoms with Crippen LogP contribution in [0.25, 0.3) is 0 Å². The summed E-state index contributed by atoms with van der Waals surface area (Å²) in [6.45, 7) is 16.6. The van der Waals surface area contributed by atoms with Crippen LogP contribution in [-0.4, -0.2) is 69.9 Å². The Kier molecular flexibility index (Phi) is 8.59. The molecule has 1 aliphatic rings. The molecule has 1 rings (SSSR count). The highest BCUT2D eigenvalue weighted by atomic mass is 15.3. The van der Waals surface area contributed by atoms with Crippen molar-refractivity contribution in [2.45, 2.75) is 26.7 Å². The molecule has 4 nitrogen and oxygen atoms in total. The largest absolute Gasteiger partial charge is 0.323 e. The van der Waals surface area contributed by atoms with E-state index >= 15 is 0 Å². The predicted octanol–water partition coefficient (Wildman–Crippen LogP) is 0.406. The van der Waals surface area contributed by atoms with Crippen LogP contribution in [0.2, 0.25) is 0 Å². The summed E-state index contributed by atoms with van der Waals surface area (Å²) in [5.74, 6) is 0. The molecule has 0 atom stereocenters. The van der Waals surface area contributed by atoms with Gasteiger partial charge in [-0.15, -0.1) is 0 Å². The highest BCUT2D eigenvalue weighted by molar-refractivity contribution is 4.57. The molecule has 0 saturated carbocycles. The van der Waals surface area contributed by atoms with Gasteiger partial charge in [0, 0.05) is 32.6 Å². The molecular weight excluding hydrogens is 224 g/mol. The zero-order chi connectivity index (χ0) is 13.1. The fourth-order valence-electron chi connectivity index (χ4n) is 2.71. The molecule has 108 valence electrons. The Balaban J connectivity index is 2.38. The molecule has 0 radical (unpaired) electrons.